The minimum atomic E-state index is -0.811. The van der Waals surface area contributed by atoms with Crippen LogP contribution in [0.25, 0.3) is 5.76 Å². The number of aliphatic hydroxyl groups excluding tert-OH is 1. The lowest BCUT2D eigenvalue weighted by molar-refractivity contribution is -0.140. The third kappa shape index (κ3) is 6.19. The number of phenols is 1. The highest BCUT2D eigenvalue weighted by atomic mass is 16.5. The van der Waals surface area contributed by atoms with Crippen LogP contribution in [-0.2, 0) is 20.9 Å². The molecule has 2 fully saturated rings. The average molecular weight is 543 g/mol. The molecule has 5 rings (SSSR count). The summed E-state index contributed by atoms with van der Waals surface area (Å²) >= 11 is 0. The number of Topliss-reactive ketones (excluding diaryl/α,β-unsaturated/α-hetero) is 1. The quantitative estimate of drug-likeness (QED) is 0.235. The molecule has 1 amide bonds. The smallest absolute Gasteiger partial charge is 0.295 e. The summed E-state index contributed by atoms with van der Waals surface area (Å²) in [6.07, 6.45) is 0.662. The van der Waals surface area contributed by atoms with Crippen LogP contribution < -0.4 is 4.74 Å². The number of morpholine rings is 1. The van der Waals surface area contributed by atoms with Gasteiger partial charge in [-0.2, -0.15) is 0 Å². The second-order valence-corrected chi connectivity index (χ2v) is 10.2. The molecule has 1 atom stereocenters. The third-order valence-electron chi connectivity index (χ3n) is 7.32. The monoisotopic (exact) mass is 542 g/mol. The van der Waals surface area contributed by atoms with Crippen molar-refractivity contribution in [3.63, 3.8) is 0 Å². The van der Waals surface area contributed by atoms with E-state index in [1.165, 1.54) is 17.0 Å². The largest absolute Gasteiger partial charge is 0.508 e. The fourth-order valence-electron chi connectivity index (χ4n) is 5.27. The predicted molar refractivity (Wildman–Crippen MR) is 151 cm³/mol. The normalized spacial score (nSPS) is 19.2. The number of phenolic OH excluding ortho intramolecular Hbond substituents is 1. The molecule has 0 saturated carbocycles. The van der Waals surface area contributed by atoms with Gasteiger partial charge in [0.05, 0.1) is 24.8 Å². The number of ketones is 1. The fourth-order valence-corrected chi connectivity index (χ4v) is 5.27. The molecular formula is C32H34N2O6. The summed E-state index contributed by atoms with van der Waals surface area (Å²) in [6.45, 7) is 6.57. The lowest BCUT2D eigenvalue weighted by Crippen LogP contribution is -2.38. The molecular weight excluding hydrogens is 508 g/mol. The van der Waals surface area contributed by atoms with Crippen LogP contribution in [0.4, 0.5) is 0 Å². The van der Waals surface area contributed by atoms with E-state index in [9.17, 15) is 19.8 Å². The van der Waals surface area contributed by atoms with Gasteiger partial charge in [0.1, 0.15) is 23.9 Å². The summed E-state index contributed by atoms with van der Waals surface area (Å²) in [5, 5.41) is 21.5. The highest BCUT2D eigenvalue weighted by molar-refractivity contribution is 6.46. The Bertz CT molecular complexity index is 1390. The number of aromatic hydroxyl groups is 1. The third-order valence-corrected chi connectivity index (χ3v) is 7.32. The Hall–Kier alpha value is -4.14. The minimum absolute atomic E-state index is 0.00963. The van der Waals surface area contributed by atoms with E-state index in [-0.39, 0.29) is 17.1 Å². The SMILES string of the molecule is Cc1cccc(COc2ccc(C(O)=C3C(=O)C(=O)N(CCCN4CCOCC4)[C@@H]3c3cccc(O)c3)cc2)c1. The molecule has 8 nitrogen and oxygen atoms in total. The number of aliphatic hydroxyl groups is 1. The summed E-state index contributed by atoms with van der Waals surface area (Å²) < 4.78 is 11.3. The van der Waals surface area contributed by atoms with Gasteiger partial charge in [-0.3, -0.25) is 14.5 Å². The molecule has 2 saturated heterocycles. The van der Waals surface area contributed by atoms with Gasteiger partial charge in [-0.1, -0.05) is 42.0 Å². The summed E-state index contributed by atoms with van der Waals surface area (Å²) in [5.74, 6) is -1.02. The molecule has 40 heavy (non-hydrogen) atoms. The Labute approximate surface area is 234 Å². The number of hydrogen-bond acceptors (Lipinski definition) is 7. The number of aryl methyl sites for hydroxylation is 1. The van der Waals surface area contributed by atoms with Gasteiger partial charge in [0.25, 0.3) is 11.7 Å². The van der Waals surface area contributed by atoms with Gasteiger partial charge in [0.15, 0.2) is 0 Å². The first-order valence-corrected chi connectivity index (χ1v) is 13.6. The maximum Gasteiger partial charge on any atom is 0.295 e. The van der Waals surface area contributed by atoms with Crippen molar-refractivity contribution in [2.75, 3.05) is 39.4 Å². The lowest BCUT2D eigenvalue weighted by atomic mass is 9.95. The van der Waals surface area contributed by atoms with Crippen LogP contribution in [0, 0.1) is 6.92 Å². The number of carbonyl (C=O) groups excluding carboxylic acids is 2. The Balaban J connectivity index is 1.38. The molecule has 2 aliphatic rings. The van der Waals surface area contributed by atoms with Crippen molar-refractivity contribution in [3.05, 3.63) is 101 Å². The maximum atomic E-state index is 13.3. The van der Waals surface area contributed by atoms with Crippen LogP contribution >= 0.6 is 0 Å². The van der Waals surface area contributed by atoms with E-state index < -0.39 is 17.7 Å². The Morgan fingerprint density at radius 1 is 0.975 bits per heavy atom. The van der Waals surface area contributed by atoms with Crippen molar-refractivity contribution >= 4 is 17.4 Å². The van der Waals surface area contributed by atoms with Crippen LogP contribution in [0.3, 0.4) is 0 Å². The van der Waals surface area contributed by atoms with Crippen molar-refractivity contribution in [1.29, 1.82) is 0 Å². The second-order valence-electron chi connectivity index (χ2n) is 10.2. The van der Waals surface area contributed by atoms with Crippen LogP contribution in [0.5, 0.6) is 11.5 Å². The summed E-state index contributed by atoms with van der Waals surface area (Å²) in [5.41, 5.74) is 3.17. The van der Waals surface area contributed by atoms with E-state index in [2.05, 4.69) is 11.0 Å². The number of benzene rings is 3. The molecule has 2 aliphatic heterocycles. The van der Waals surface area contributed by atoms with Crippen LogP contribution in [0.2, 0.25) is 0 Å². The van der Waals surface area contributed by atoms with Crippen molar-refractivity contribution < 1.29 is 29.3 Å². The van der Waals surface area contributed by atoms with Crippen molar-refractivity contribution in [2.45, 2.75) is 26.0 Å². The molecule has 8 heteroatoms. The van der Waals surface area contributed by atoms with Gasteiger partial charge < -0.3 is 24.6 Å². The number of hydrogen-bond donors (Lipinski definition) is 2. The van der Waals surface area contributed by atoms with Crippen molar-refractivity contribution in [3.8, 4) is 11.5 Å². The zero-order valence-corrected chi connectivity index (χ0v) is 22.6. The highest BCUT2D eigenvalue weighted by Crippen LogP contribution is 2.40. The molecule has 3 aromatic rings. The van der Waals surface area contributed by atoms with Gasteiger partial charge in [0, 0.05) is 31.7 Å². The summed E-state index contributed by atoms with van der Waals surface area (Å²) in [6, 6.07) is 20.5. The number of carbonyl (C=O) groups is 2. The standard InChI is InChI=1S/C32H34N2O6/c1-22-5-2-6-23(19-22)21-40-27-11-9-24(10-12-27)30(36)28-29(25-7-3-8-26(35)20-25)34(32(38)31(28)37)14-4-13-33-15-17-39-18-16-33/h2-3,5-12,19-20,29,35-36H,4,13-18,21H2,1H3/t29-/m1/s1. The highest BCUT2D eigenvalue weighted by Gasteiger charge is 2.45. The number of nitrogens with zero attached hydrogens (tertiary/aromatic N) is 2. The minimum Gasteiger partial charge on any atom is -0.508 e. The first kappa shape index (κ1) is 27.4. The van der Waals surface area contributed by atoms with Crippen LogP contribution in [0.15, 0.2) is 78.4 Å². The molecule has 0 aromatic heterocycles. The maximum absolute atomic E-state index is 13.3. The van der Waals surface area contributed by atoms with E-state index in [0.717, 1.165) is 30.8 Å². The number of amides is 1. The van der Waals surface area contributed by atoms with Gasteiger partial charge in [-0.25, -0.2) is 0 Å². The topological polar surface area (TPSA) is 99.5 Å². The van der Waals surface area contributed by atoms with Crippen LogP contribution in [0.1, 0.15) is 34.7 Å². The van der Waals surface area contributed by atoms with E-state index >= 15 is 0 Å². The molecule has 3 aromatic carbocycles. The number of likely N-dealkylation sites (tertiary alicyclic amines) is 1. The van der Waals surface area contributed by atoms with E-state index in [1.54, 1.807) is 36.4 Å². The Morgan fingerprint density at radius 2 is 1.73 bits per heavy atom. The Morgan fingerprint density at radius 3 is 2.45 bits per heavy atom. The second kappa shape index (κ2) is 12.4. The van der Waals surface area contributed by atoms with Gasteiger partial charge in [0.2, 0.25) is 0 Å². The fraction of sp³-hybridized carbons (Fsp3) is 0.312. The molecule has 2 heterocycles. The Kier molecular flexibility index (Phi) is 8.48. The molecule has 0 bridgehead atoms. The number of ether oxygens (including phenoxy) is 2. The van der Waals surface area contributed by atoms with Crippen molar-refractivity contribution in [1.82, 2.24) is 9.80 Å². The van der Waals surface area contributed by atoms with Gasteiger partial charge in [-0.05, 0) is 60.9 Å². The summed E-state index contributed by atoms with van der Waals surface area (Å²) in [4.78, 5) is 30.3. The summed E-state index contributed by atoms with van der Waals surface area (Å²) in [7, 11) is 0. The molecule has 0 unspecified atom stereocenters. The van der Waals surface area contributed by atoms with Gasteiger partial charge in [-0.15, -0.1) is 0 Å². The first-order chi connectivity index (χ1) is 19.4. The predicted octanol–water partition coefficient (Wildman–Crippen LogP) is 4.42. The lowest BCUT2D eigenvalue weighted by Gasteiger charge is -2.29. The zero-order chi connectivity index (χ0) is 28.1. The van der Waals surface area contributed by atoms with E-state index in [4.69, 9.17) is 9.47 Å². The number of rotatable bonds is 9. The average Bonchev–Trinajstić information content (AvgIpc) is 3.22. The molecule has 0 radical (unpaired) electrons. The van der Waals surface area contributed by atoms with Gasteiger partial charge >= 0.3 is 0 Å². The molecule has 0 spiro atoms. The van der Waals surface area contributed by atoms with E-state index in [0.29, 0.717) is 49.7 Å². The molecule has 0 aliphatic carbocycles. The van der Waals surface area contributed by atoms with E-state index in [1.807, 2.05) is 25.1 Å². The van der Waals surface area contributed by atoms with Crippen LogP contribution in [-0.4, -0.2) is 71.1 Å². The van der Waals surface area contributed by atoms with Crippen molar-refractivity contribution in [2.24, 2.45) is 0 Å². The molecule has 208 valence electrons. The first-order valence-electron chi connectivity index (χ1n) is 13.6. The molecule has 2 N–H and O–H groups in total. The zero-order valence-electron chi connectivity index (χ0n) is 22.6.